The molecular weight excluding hydrogens is 399 g/mol. The van der Waals surface area contributed by atoms with Crippen molar-refractivity contribution in [2.75, 3.05) is 11.9 Å². The van der Waals surface area contributed by atoms with Crippen LogP contribution in [0, 0.1) is 26.6 Å². The smallest absolute Gasteiger partial charge is 0.321 e. The van der Waals surface area contributed by atoms with Crippen molar-refractivity contribution in [1.29, 1.82) is 0 Å². The van der Waals surface area contributed by atoms with Crippen LogP contribution in [0.15, 0.2) is 41.3 Å². The highest BCUT2D eigenvalue weighted by Gasteiger charge is 2.21. The topological polar surface area (TPSA) is 102 Å². The van der Waals surface area contributed by atoms with E-state index in [9.17, 15) is 22.4 Å². The zero-order chi connectivity index (χ0) is 21.8. The predicted molar refractivity (Wildman–Crippen MR) is 106 cm³/mol. The summed E-state index contributed by atoms with van der Waals surface area (Å²) < 4.78 is 44.1. The number of ether oxygens (including phenoxy) is 1. The van der Waals surface area contributed by atoms with Gasteiger partial charge < -0.3 is 10.1 Å². The number of hydrogen-bond acceptors (Lipinski definition) is 5. The molecule has 1 atom stereocenters. The van der Waals surface area contributed by atoms with Crippen molar-refractivity contribution in [1.82, 2.24) is 4.72 Å². The van der Waals surface area contributed by atoms with E-state index in [1.165, 1.54) is 6.92 Å². The van der Waals surface area contributed by atoms with Gasteiger partial charge in [-0.25, -0.2) is 12.8 Å². The number of halogens is 1. The van der Waals surface area contributed by atoms with Crippen LogP contribution in [0.5, 0.6) is 0 Å². The fourth-order valence-corrected chi connectivity index (χ4v) is 3.71. The summed E-state index contributed by atoms with van der Waals surface area (Å²) >= 11 is 0. The average molecular weight is 422 g/mol. The third-order valence-electron chi connectivity index (χ3n) is 4.13. The van der Waals surface area contributed by atoms with E-state index in [4.69, 9.17) is 4.74 Å². The van der Waals surface area contributed by atoms with Gasteiger partial charge in [-0.3, -0.25) is 9.59 Å². The highest BCUT2D eigenvalue weighted by molar-refractivity contribution is 7.89. The van der Waals surface area contributed by atoms with Crippen LogP contribution in [0.3, 0.4) is 0 Å². The summed E-state index contributed by atoms with van der Waals surface area (Å²) in [5.41, 5.74) is 3.45. The summed E-state index contributed by atoms with van der Waals surface area (Å²) in [6.07, 6.45) is -1.13. The van der Waals surface area contributed by atoms with E-state index in [1.807, 2.05) is 32.9 Å². The van der Waals surface area contributed by atoms with E-state index in [0.29, 0.717) is 5.69 Å². The summed E-state index contributed by atoms with van der Waals surface area (Å²) in [7, 11) is -4.01. The van der Waals surface area contributed by atoms with Crippen molar-refractivity contribution in [3.05, 3.63) is 58.9 Å². The highest BCUT2D eigenvalue weighted by atomic mass is 32.2. The Labute approximate surface area is 169 Å². The molecule has 0 fully saturated rings. The molecule has 2 N–H and O–H groups in total. The number of benzene rings is 2. The number of hydrogen-bond donors (Lipinski definition) is 2. The van der Waals surface area contributed by atoms with Gasteiger partial charge in [-0.1, -0.05) is 17.7 Å². The van der Waals surface area contributed by atoms with Crippen LogP contribution in [0.2, 0.25) is 0 Å². The van der Waals surface area contributed by atoms with Crippen LogP contribution >= 0.6 is 0 Å². The molecule has 0 heterocycles. The number of sulfonamides is 1. The molecule has 0 saturated heterocycles. The molecule has 0 saturated carbocycles. The van der Waals surface area contributed by atoms with Gasteiger partial charge in [0.2, 0.25) is 10.0 Å². The first-order valence-electron chi connectivity index (χ1n) is 8.83. The maximum absolute atomic E-state index is 12.9. The Bertz CT molecular complexity index is 997. The fraction of sp³-hybridized carbons (Fsp3) is 0.300. The normalized spacial score (nSPS) is 12.3. The zero-order valence-electron chi connectivity index (χ0n) is 16.6. The van der Waals surface area contributed by atoms with Gasteiger partial charge in [0.15, 0.2) is 6.10 Å². The number of nitrogens with one attached hydrogen (secondary N) is 2. The number of carbonyl (C=O) groups excluding carboxylic acids is 2. The van der Waals surface area contributed by atoms with Gasteiger partial charge in [0.1, 0.15) is 12.4 Å². The predicted octanol–water partition coefficient (Wildman–Crippen LogP) is 2.60. The molecule has 0 spiro atoms. The van der Waals surface area contributed by atoms with E-state index in [2.05, 4.69) is 10.0 Å². The lowest BCUT2D eigenvalue weighted by molar-refractivity contribution is -0.151. The van der Waals surface area contributed by atoms with Crippen molar-refractivity contribution >= 4 is 27.6 Å². The number of amides is 1. The number of aryl methyl sites for hydroxylation is 3. The van der Waals surface area contributed by atoms with Crippen LogP contribution in [0.1, 0.15) is 23.6 Å². The molecule has 0 aromatic heterocycles. The van der Waals surface area contributed by atoms with Gasteiger partial charge in [0.05, 0.1) is 4.90 Å². The molecule has 9 heteroatoms. The second-order valence-corrected chi connectivity index (χ2v) is 8.44. The van der Waals surface area contributed by atoms with Gasteiger partial charge in [0, 0.05) is 5.69 Å². The van der Waals surface area contributed by atoms with Crippen LogP contribution in [0.25, 0.3) is 0 Å². The van der Waals surface area contributed by atoms with Crippen molar-refractivity contribution in [3.63, 3.8) is 0 Å². The molecule has 0 aliphatic rings. The Morgan fingerprint density at radius 2 is 1.62 bits per heavy atom. The average Bonchev–Trinajstić information content (AvgIpc) is 2.63. The number of esters is 1. The minimum Gasteiger partial charge on any atom is -0.452 e. The van der Waals surface area contributed by atoms with Crippen LogP contribution < -0.4 is 10.0 Å². The van der Waals surface area contributed by atoms with E-state index in [0.717, 1.165) is 41.0 Å². The van der Waals surface area contributed by atoms with Crippen molar-refractivity contribution in [3.8, 4) is 0 Å². The molecule has 1 amide bonds. The summed E-state index contributed by atoms with van der Waals surface area (Å²) in [5.74, 6) is -2.03. The van der Waals surface area contributed by atoms with Crippen LogP contribution in [-0.2, 0) is 24.3 Å². The van der Waals surface area contributed by atoms with Gasteiger partial charge >= 0.3 is 5.97 Å². The molecule has 2 aromatic carbocycles. The third-order valence-corrected chi connectivity index (χ3v) is 5.55. The van der Waals surface area contributed by atoms with E-state index in [1.54, 1.807) is 0 Å². The SMILES string of the molecule is Cc1cc(C)c(NC(=O)[C@@H](C)OC(=O)CNS(=O)(=O)c2ccc(F)cc2)c(C)c1. The fourth-order valence-electron chi connectivity index (χ4n) is 2.75. The molecule has 29 heavy (non-hydrogen) atoms. The van der Waals surface area contributed by atoms with Gasteiger partial charge in [-0.2, -0.15) is 4.72 Å². The Kier molecular flexibility index (Phi) is 7.10. The largest absolute Gasteiger partial charge is 0.452 e. The molecule has 156 valence electrons. The number of anilines is 1. The second kappa shape index (κ2) is 9.15. The molecule has 2 rings (SSSR count). The van der Waals surface area contributed by atoms with E-state index in [-0.39, 0.29) is 4.90 Å². The molecule has 0 aliphatic heterocycles. The number of carbonyl (C=O) groups is 2. The lowest BCUT2D eigenvalue weighted by Gasteiger charge is -2.17. The highest BCUT2D eigenvalue weighted by Crippen LogP contribution is 2.22. The van der Waals surface area contributed by atoms with Crippen LogP contribution in [-0.4, -0.2) is 32.9 Å². The Balaban J connectivity index is 1.93. The quantitative estimate of drug-likeness (QED) is 0.668. The molecular formula is C20H23FN2O5S. The minimum absolute atomic E-state index is 0.192. The first-order chi connectivity index (χ1) is 13.5. The molecule has 0 bridgehead atoms. The Morgan fingerprint density at radius 1 is 1.07 bits per heavy atom. The lowest BCUT2D eigenvalue weighted by Crippen LogP contribution is -2.36. The maximum Gasteiger partial charge on any atom is 0.321 e. The Hall–Kier alpha value is -2.78. The second-order valence-electron chi connectivity index (χ2n) is 6.67. The number of rotatable bonds is 7. The van der Waals surface area contributed by atoms with Crippen LogP contribution in [0.4, 0.5) is 10.1 Å². The lowest BCUT2D eigenvalue weighted by atomic mass is 10.0. The summed E-state index contributed by atoms with van der Waals surface area (Å²) in [6, 6.07) is 7.98. The maximum atomic E-state index is 12.9. The Morgan fingerprint density at radius 3 is 2.17 bits per heavy atom. The van der Waals surface area contributed by atoms with Crippen molar-refractivity contribution < 1.29 is 27.1 Å². The first-order valence-corrected chi connectivity index (χ1v) is 10.3. The molecule has 2 aromatic rings. The van der Waals surface area contributed by atoms with Gasteiger partial charge in [-0.05, 0) is 63.1 Å². The van der Waals surface area contributed by atoms with E-state index < -0.39 is 40.4 Å². The van der Waals surface area contributed by atoms with E-state index >= 15 is 0 Å². The minimum atomic E-state index is -4.01. The monoisotopic (exact) mass is 422 g/mol. The van der Waals surface area contributed by atoms with Crippen molar-refractivity contribution in [2.24, 2.45) is 0 Å². The molecule has 7 nitrogen and oxygen atoms in total. The van der Waals surface area contributed by atoms with Gasteiger partial charge in [-0.15, -0.1) is 0 Å². The standard InChI is InChI=1S/C20H23FN2O5S/c1-12-9-13(2)19(14(3)10-12)23-20(25)15(4)28-18(24)11-22-29(26,27)17-7-5-16(21)6-8-17/h5-10,15,22H,11H2,1-4H3,(H,23,25)/t15-/m1/s1. The first kappa shape index (κ1) is 22.5. The summed E-state index contributed by atoms with van der Waals surface area (Å²) in [4.78, 5) is 24.1. The molecule has 0 aliphatic carbocycles. The third kappa shape index (κ3) is 6.10. The van der Waals surface area contributed by atoms with Gasteiger partial charge in [0.25, 0.3) is 5.91 Å². The zero-order valence-corrected chi connectivity index (χ0v) is 17.4. The molecule has 0 unspecified atom stereocenters. The summed E-state index contributed by atoms with van der Waals surface area (Å²) in [6.45, 7) is 6.39. The van der Waals surface area contributed by atoms with Crippen molar-refractivity contribution in [2.45, 2.75) is 38.7 Å². The molecule has 0 radical (unpaired) electrons. The summed E-state index contributed by atoms with van der Waals surface area (Å²) in [5, 5.41) is 2.72.